The Balaban J connectivity index is 1.53. The van der Waals surface area contributed by atoms with Crippen molar-refractivity contribution in [2.24, 2.45) is 0 Å². The molecule has 0 atom stereocenters. The predicted octanol–water partition coefficient (Wildman–Crippen LogP) is 3.42. The number of nitrogens with zero attached hydrogens (tertiary/aromatic N) is 2. The van der Waals surface area contributed by atoms with Gasteiger partial charge in [0.05, 0.1) is 0 Å². The molecule has 1 aliphatic carbocycles. The van der Waals surface area contributed by atoms with Crippen LogP contribution in [-0.2, 0) is 4.79 Å². The molecule has 0 aromatic heterocycles. The van der Waals surface area contributed by atoms with Crippen molar-refractivity contribution in [2.75, 3.05) is 24.5 Å². The molecule has 1 saturated heterocycles. The third-order valence-electron chi connectivity index (χ3n) is 4.79. The summed E-state index contributed by atoms with van der Waals surface area (Å²) in [5.41, 5.74) is 0.816. The Bertz CT molecular complexity index is 582. The Morgan fingerprint density at radius 3 is 2.42 bits per heavy atom. The van der Waals surface area contributed by atoms with Crippen molar-refractivity contribution >= 4 is 29.2 Å². The minimum atomic E-state index is -0.117. The SMILES string of the molecule is O=C(CN1CCN(c2ccc(Cl)cc2)C1=O)NC1CCCCCC1. The van der Waals surface area contributed by atoms with E-state index in [9.17, 15) is 9.59 Å². The van der Waals surface area contributed by atoms with Crippen molar-refractivity contribution in [3.63, 3.8) is 0 Å². The minimum absolute atomic E-state index is 0.0480. The van der Waals surface area contributed by atoms with Gasteiger partial charge in [-0.2, -0.15) is 0 Å². The van der Waals surface area contributed by atoms with Gasteiger partial charge in [0.15, 0.2) is 0 Å². The molecule has 0 radical (unpaired) electrons. The number of carbonyl (C=O) groups is 2. The predicted molar refractivity (Wildman–Crippen MR) is 95.4 cm³/mol. The molecule has 130 valence electrons. The van der Waals surface area contributed by atoms with Crippen molar-refractivity contribution in [2.45, 2.75) is 44.6 Å². The largest absolute Gasteiger partial charge is 0.352 e. The highest BCUT2D eigenvalue weighted by Gasteiger charge is 2.31. The van der Waals surface area contributed by atoms with Crippen molar-refractivity contribution < 1.29 is 9.59 Å². The minimum Gasteiger partial charge on any atom is -0.352 e. The fourth-order valence-electron chi connectivity index (χ4n) is 3.46. The highest BCUT2D eigenvalue weighted by molar-refractivity contribution is 6.30. The fraction of sp³-hybridized carbons (Fsp3) is 0.556. The molecule has 0 unspecified atom stereocenters. The number of urea groups is 1. The first-order chi connectivity index (χ1) is 11.6. The van der Waals surface area contributed by atoms with Crippen LogP contribution >= 0.6 is 11.6 Å². The Morgan fingerprint density at radius 2 is 1.75 bits per heavy atom. The quantitative estimate of drug-likeness (QED) is 0.847. The second kappa shape index (κ2) is 7.88. The molecule has 6 heteroatoms. The van der Waals surface area contributed by atoms with Crippen LogP contribution in [0, 0.1) is 0 Å². The molecule has 0 spiro atoms. The van der Waals surface area contributed by atoms with Crippen LogP contribution in [0.4, 0.5) is 10.5 Å². The van der Waals surface area contributed by atoms with Crippen molar-refractivity contribution in [3.8, 4) is 0 Å². The van der Waals surface area contributed by atoms with Crippen molar-refractivity contribution in [1.82, 2.24) is 10.2 Å². The molecular weight excluding hydrogens is 326 g/mol. The molecule has 1 aromatic carbocycles. The summed E-state index contributed by atoms with van der Waals surface area (Å²) in [6.07, 6.45) is 6.98. The lowest BCUT2D eigenvalue weighted by Gasteiger charge is -2.21. The van der Waals surface area contributed by atoms with E-state index in [0.717, 1.165) is 18.5 Å². The standard InChI is InChI=1S/C18H24ClN3O2/c19-14-7-9-16(10-8-14)22-12-11-21(18(22)24)13-17(23)20-15-5-3-1-2-4-6-15/h7-10,15H,1-6,11-13H2,(H,20,23). The first-order valence-corrected chi connectivity index (χ1v) is 9.12. The van der Waals surface area contributed by atoms with Gasteiger partial charge in [-0.3, -0.25) is 9.69 Å². The Morgan fingerprint density at radius 1 is 1.08 bits per heavy atom. The molecule has 3 amide bonds. The van der Waals surface area contributed by atoms with Crippen LogP contribution in [0.5, 0.6) is 0 Å². The zero-order valence-electron chi connectivity index (χ0n) is 13.8. The first-order valence-electron chi connectivity index (χ1n) is 8.75. The van der Waals surface area contributed by atoms with Gasteiger partial charge in [-0.15, -0.1) is 0 Å². The zero-order valence-corrected chi connectivity index (χ0v) is 14.6. The van der Waals surface area contributed by atoms with Gasteiger partial charge in [0.25, 0.3) is 0 Å². The maximum atomic E-state index is 12.5. The van der Waals surface area contributed by atoms with Gasteiger partial charge in [0, 0.05) is 29.8 Å². The molecule has 1 N–H and O–H groups in total. The number of carbonyl (C=O) groups excluding carboxylic acids is 2. The second-order valence-electron chi connectivity index (χ2n) is 6.59. The number of anilines is 1. The summed E-state index contributed by atoms with van der Waals surface area (Å²) in [5, 5.41) is 3.74. The number of hydrogen-bond acceptors (Lipinski definition) is 2. The summed E-state index contributed by atoms with van der Waals surface area (Å²) < 4.78 is 0. The molecule has 0 bridgehead atoms. The average Bonchev–Trinajstić information content (AvgIpc) is 2.76. The van der Waals surface area contributed by atoms with E-state index in [4.69, 9.17) is 11.6 Å². The lowest BCUT2D eigenvalue weighted by atomic mass is 10.1. The van der Waals surface area contributed by atoms with E-state index in [1.54, 1.807) is 21.9 Å². The molecule has 2 fully saturated rings. The number of benzene rings is 1. The monoisotopic (exact) mass is 349 g/mol. The highest BCUT2D eigenvalue weighted by Crippen LogP contribution is 2.22. The molecule has 1 aromatic rings. The average molecular weight is 350 g/mol. The molecule has 1 saturated carbocycles. The third kappa shape index (κ3) is 4.20. The van der Waals surface area contributed by atoms with E-state index in [-0.39, 0.29) is 24.5 Å². The third-order valence-corrected chi connectivity index (χ3v) is 5.04. The van der Waals surface area contributed by atoms with Gasteiger partial charge in [-0.05, 0) is 37.1 Å². The van der Waals surface area contributed by atoms with Crippen molar-refractivity contribution in [3.05, 3.63) is 29.3 Å². The summed E-state index contributed by atoms with van der Waals surface area (Å²) in [6, 6.07) is 7.35. The van der Waals surface area contributed by atoms with Crippen LogP contribution in [0.1, 0.15) is 38.5 Å². The topological polar surface area (TPSA) is 52.7 Å². The maximum absolute atomic E-state index is 12.5. The van der Waals surface area contributed by atoms with E-state index in [0.29, 0.717) is 18.1 Å². The molecular formula is C18H24ClN3O2. The fourth-order valence-corrected chi connectivity index (χ4v) is 3.59. The number of amides is 3. The summed E-state index contributed by atoms with van der Waals surface area (Å²) in [6.45, 7) is 1.30. The maximum Gasteiger partial charge on any atom is 0.325 e. The van der Waals surface area contributed by atoms with Gasteiger partial charge < -0.3 is 10.2 Å². The zero-order chi connectivity index (χ0) is 16.9. The van der Waals surface area contributed by atoms with E-state index in [2.05, 4.69) is 5.32 Å². The normalized spacial score (nSPS) is 19.5. The van der Waals surface area contributed by atoms with Crippen LogP contribution in [0.3, 0.4) is 0 Å². The number of hydrogen-bond donors (Lipinski definition) is 1. The smallest absolute Gasteiger partial charge is 0.325 e. The summed E-state index contributed by atoms with van der Waals surface area (Å²) in [4.78, 5) is 28.1. The lowest BCUT2D eigenvalue weighted by molar-refractivity contribution is -0.122. The second-order valence-corrected chi connectivity index (χ2v) is 7.02. The van der Waals surface area contributed by atoms with Crippen LogP contribution in [-0.4, -0.2) is 42.5 Å². The van der Waals surface area contributed by atoms with E-state index in [1.165, 1.54) is 25.7 Å². The van der Waals surface area contributed by atoms with Gasteiger partial charge in [0.1, 0.15) is 6.54 Å². The summed E-state index contributed by atoms with van der Waals surface area (Å²) >= 11 is 5.89. The number of nitrogens with one attached hydrogen (secondary N) is 1. The van der Waals surface area contributed by atoms with E-state index in [1.807, 2.05) is 12.1 Å². The number of rotatable bonds is 4. The first kappa shape index (κ1) is 17.1. The van der Waals surface area contributed by atoms with Crippen molar-refractivity contribution in [1.29, 1.82) is 0 Å². The van der Waals surface area contributed by atoms with Crippen LogP contribution in [0.25, 0.3) is 0 Å². The molecule has 24 heavy (non-hydrogen) atoms. The lowest BCUT2D eigenvalue weighted by Crippen LogP contribution is -2.43. The summed E-state index contributed by atoms with van der Waals surface area (Å²) in [7, 11) is 0. The van der Waals surface area contributed by atoms with Crippen LogP contribution in [0.15, 0.2) is 24.3 Å². The molecule has 2 aliphatic rings. The Kier molecular flexibility index (Phi) is 5.61. The molecule has 5 nitrogen and oxygen atoms in total. The van der Waals surface area contributed by atoms with Crippen LogP contribution < -0.4 is 10.2 Å². The van der Waals surface area contributed by atoms with Gasteiger partial charge >= 0.3 is 6.03 Å². The van der Waals surface area contributed by atoms with E-state index >= 15 is 0 Å². The Hall–Kier alpha value is -1.75. The summed E-state index contributed by atoms with van der Waals surface area (Å²) in [5.74, 6) is -0.0480. The molecule has 1 heterocycles. The molecule has 3 rings (SSSR count). The van der Waals surface area contributed by atoms with Gasteiger partial charge in [-0.25, -0.2) is 4.79 Å². The van der Waals surface area contributed by atoms with Crippen LogP contribution in [0.2, 0.25) is 5.02 Å². The highest BCUT2D eigenvalue weighted by atomic mass is 35.5. The van der Waals surface area contributed by atoms with E-state index < -0.39 is 0 Å². The van der Waals surface area contributed by atoms with Gasteiger partial charge in [-0.1, -0.05) is 37.3 Å². The molecule has 1 aliphatic heterocycles. The number of halogens is 1. The van der Waals surface area contributed by atoms with Gasteiger partial charge in [0.2, 0.25) is 5.91 Å². The Labute approximate surface area is 147 Å².